The summed E-state index contributed by atoms with van der Waals surface area (Å²) in [4.78, 5) is 15.8. The van der Waals surface area contributed by atoms with Crippen LogP contribution in [0.25, 0.3) is 0 Å². The van der Waals surface area contributed by atoms with E-state index in [1.165, 1.54) is 0 Å². The Balaban J connectivity index is 1.87. The summed E-state index contributed by atoms with van der Waals surface area (Å²) in [7, 11) is 0. The third-order valence-electron chi connectivity index (χ3n) is 2.97. The molecule has 0 aliphatic heterocycles. The number of ketones is 1. The molecule has 1 heterocycles. The van der Waals surface area contributed by atoms with Crippen LogP contribution in [0, 0.1) is 0 Å². The Labute approximate surface area is 132 Å². The van der Waals surface area contributed by atoms with Crippen molar-refractivity contribution < 1.29 is 4.79 Å². The van der Waals surface area contributed by atoms with Crippen LogP contribution in [0.5, 0.6) is 0 Å². The highest BCUT2D eigenvalue weighted by molar-refractivity contribution is 6.39. The van der Waals surface area contributed by atoms with Gasteiger partial charge < -0.3 is 4.57 Å². The van der Waals surface area contributed by atoms with E-state index in [9.17, 15) is 4.79 Å². The van der Waals surface area contributed by atoms with Crippen molar-refractivity contribution in [3.8, 4) is 0 Å². The number of hydrogen-bond donors (Lipinski definition) is 0. The zero-order valence-corrected chi connectivity index (χ0v) is 12.9. The lowest BCUT2D eigenvalue weighted by Crippen LogP contribution is -2.06. The van der Waals surface area contributed by atoms with Crippen molar-refractivity contribution in [2.75, 3.05) is 0 Å². The molecule has 0 radical (unpaired) electrons. The van der Waals surface area contributed by atoms with Gasteiger partial charge in [-0.05, 0) is 24.1 Å². The molecular formula is C14H13Cl3N2O. The lowest BCUT2D eigenvalue weighted by Gasteiger charge is -2.07. The van der Waals surface area contributed by atoms with Crippen LogP contribution in [-0.4, -0.2) is 15.3 Å². The molecular weight excluding hydrogens is 319 g/mol. The topological polar surface area (TPSA) is 34.9 Å². The van der Waals surface area contributed by atoms with Crippen LogP contribution < -0.4 is 0 Å². The van der Waals surface area contributed by atoms with E-state index in [-0.39, 0.29) is 5.78 Å². The number of aryl methyl sites for hydroxylation is 1. The van der Waals surface area contributed by atoms with Gasteiger partial charge in [0.15, 0.2) is 0 Å². The molecule has 0 N–H and O–H groups in total. The van der Waals surface area contributed by atoms with Gasteiger partial charge in [0.1, 0.15) is 5.78 Å². The first kappa shape index (κ1) is 15.4. The molecule has 1 aromatic carbocycles. The van der Waals surface area contributed by atoms with Gasteiger partial charge in [-0.2, -0.15) is 0 Å². The number of aromatic nitrogens is 2. The first-order valence-electron chi connectivity index (χ1n) is 6.17. The van der Waals surface area contributed by atoms with Crippen molar-refractivity contribution in [2.24, 2.45) is 0 Å². The summed E-state index contributed by atoms with van der Waals surface area (Å²) in [5.41, 5.74) is 0.772. The molecule has 6 heteroatoms. The molecule has 106 valence electrons. The maximum Gasteiger partial charge on any atom is 0.135 e. The monoisotopic (exact) mass is 330 g/mol. The van der Waals surface area contributed by atoms with Gasteiger partial charge in [0, 0.05) is 46.8 Å². The number of halogens is 3. The van der Waals surface area contributed by atoms with Gasteiger partial charge in [-0.15, -0.1) is 0 Å². The van der Waals surface area contributed by atoms with Crippen LogP contribution in [0.3, 0.4) is 0 Å². The fourth-order valence-corrected chi connectivity index (χ4v) is 2.88. The van der Waals surface area contributed by atoms with Gasteiger partial charge in [0.25, 0.3) is 0 Å². The maximum absolute atomic E-state index is 11.9. The van der Waals surface area contributed by atoms with E-state index >= 15 is 0 Å². The van der Waals surface area contributed by atoms with Crippen molar-refractivity contribution in [3.63, 3.8) is 0 Å². The molecule has 0 bridgehead atoms. The summed E-state index contributed by atoms with van der Waals surface area (Å²) in [6.45, 7) is 0.640. The summed E-state index contributed by atoms with van der Waals surface area (Å²) in [6, 6.07) is 3.28. The highest BCUT2D eigenvalue weighted by Gasteiger charge is 2.10. The molecule has 0 saturated carbocycles. The molecule has 3 nitrogen and oxygen atoms in total. The fraction of sp³-hybridized carbons (Fsp3) is 0.286. The molecule has 0 atom stereocenters. The first-order valence-corrected chi connectivity index (χ1v) is 7.30. The molecule has 2 rings (SSSR count). The second kappa shape index (κ2) is 7.11. The van der Waals surface area contributed by atoms with E-state index < -0.39 is 0 Å². The van der Waals surface area contributed by atoms with Gasteiger partial charge in [0.05, 0.1) is 6.33 Å². The molecule has 0 unspecified atom stereocenters. The molecule has 0 spiro atoms. The summed E-state index contributed by atoms with van der Waals surface area (Å²) < 4.78 is 1.88. The van der Waals surface area contributed by atoms with Crippen molar-refractivity contribution >= 4 is 40.6 Å². The molecule has 0 aliphatic rings. The average molecular weight is 332 g/mol. The first-order chi connectivity index (χ1) is 9.56. The molecule has 1 aromatic heterocycles. The van der Waals surface area contributed by atoms with E-state index in [0.29, 0.717) is 40.9 Å². The summed E-state index contributed by atoms with van der Waals surface area (Å²) in [6.07, 6.45) is 6.63. The van der Waals surface area contributed by atoms with Crippen molar-refractivity contribution in [2.45, 2.75) is 25.8 Å². The summed E-state index contributed by atoms with van der Waals surface area (Å²) >= 11 is 18.0. The van der Waals surface area contributed by atoms with Crippen LogP contribution in [0.2, 0.25) is 15.1 Å². The van der Waals surface area contributed by atoms with Gasteiger partial charge in [-0.25, -0.2) is 4.98 Å². The zero-order valence-electron chi connectivity index (χ0n) is 10.7. The largest absolute Gasteiger partial charge is 0.337 e. The Kier molecular flexibility index (Phi) is 5.46. The second-order valence-electron chi connectivity index (χ2n) is 4.44. The maximum atomic E-state index is 11.9. The molecule has 2 aromatic rings. The van der Waals surface area contributed by atoms with Crippen molar-refractivity contribution in [1.82, 2.24) is 9.55 Å². The van der Waals surface area contributed by atoms with Gasteiger partial charge in [-0.1, -0.05) is 34.8 Å². The number of nitrogens with zero attached hydrogens (tertiary/aromatic N) is 2. The molecule has 0 aliphatic carbocycles. The van der Waals surface area contributed by atoms with Crippen LogP contribution >= 0.6 is 34.8 Å². The number of hydrogen-bond acceptors (Lipinski definition) is 2. The lowest BCUT2D eigenvalue weighted by molar-refractivity contribution is -0.119. The van der Waals surface area contributed by atoms with E-state index in [2.05, 4.69) is 4.98 Å². The lowest BCUT2D eigenvalue weighted by atomic mass is 10.1. The number of rotatable bonds is 6. The standard InChI is InChI=1S/C14H13Cl3N2O/c15-10-7-13(16)12(14(17)8-10)2-1-11(20)3-5-19-6-4-18-9-19/h4,6-9H,1-3,5H2. The third-order valence-corrected chi connectivity index (χ3v) is 3.86. The number of carbonyl (C=O) groups is 1. The Morgan fingerprint density at radius 3 is 2.45 bits per heavy atom. The quantitative estimate of drug-likeness (QED) is 0.784. The van der Waals surface area contributed by atoms with Gasteiger partial charge >= 0.3 is 0 Å². The van der Waals surface area contributed by atoms with Crippen LogP contribution in [0.1, 0.15) is 18.4 Å². The Morgan fingerprint density at radius 1 is 1.15 bits per heavy atom. The predicted octanol–water partition coefficient (Wildman–Crippen LogP) is 4.44. The van der Waals surface area contributed by atoms with E-state index in [1.54, 1.807) is 24.7 Å². The fourth-order valence-electron chi connectivity index (χ4n) is 1.87. The van der Waals surface area contributed by atoms with Crippen molar-refractivity contribution in [1.29, 1.82) is 0 Å². The number of Topliss-reactive ketones (excluding diaryl/α,β-unsaturated/α-hetero) is 1. The van der Waals surface area contributed by atoms with E-state index in [4.69, 9.17) is 34.8 Å². The molecule has 0 amide bonds. The molecule has 0 saturated heterocycles. The van der Waals surface area contributed by atoms with E-state index in [1.807, 2.05) is 10.8 Å². The summed E-state index contributed by atoms with van der Waals surface area (Å²) in [5.74, 6) is 0.167. The summed E-state index contributed by atoms with van der Waals surface area (Å²) in [5, 5.41) is 1.50. The Bertz CT molecular complexity index is 573. The van der Waals surface area contributed by atoms with Gasteiger partial charge in [-0.3, -0.25) is 4.79 Å². The number of benzene rings is 1. The minimum absolute atomic E-state index is 0.167. The smallest absolute Gasteiger partial charge is 0.135 e. The van der Waals surface area contributed by atoms with Crippen LogP contribution in [-0.2, 0) is 17.8 Å². The second-order valence-corrected chi connectivity index (χ2v) is 5.69. The SMILES string of the molecule is O=C(CCc1c(Cl)cc(Cl)cc1Cl)CCn1ccnc1. The third kappa shape index (κ3) is 4.23. The normalized spacial score (nSPS) is 10.8. The number of carbonyl (C=O) groups excluding carboxylic acids is 1. The van der Waals surface area contributed by atoms with Crippen molar-refractivity contribution in [3.05, 3.63) is 51.5 Å². The highest BCUT2D eigenvalue weighted by Crippen LogP contribution is 2.30. The number of imidazole rings is 1. The van der Waals surface area contributed by atoms with Crippen LogP contribution in [0.15, 0.2) is 30.9 Å². The Hall–Kier alpha value is -1.03. The van der Waals surface area contributed by atoms with Gasteiger partial charge in [0.2, 0.25) is 0 Å². The Morgan fingerprint density at radius 2 is 1.85 bits per heavy atom. The predicted molar refractivity (Wildman–Crippen MR) is 81.6 cm³/mol. The average Bonchev–Trinajstić information content (AvgIpc) is 2.88. The highest BCUT2D eigenvalue weighted by atomic mass is 35.5. The van der Waals surface area contributed by atoms with E-state index in [0.717, 1.165) is 5.56 Å². The molecule has 20 heavy (non-hydrogen) atoms. The minimum Gasteiger partial charge on any atom is -0.337 e. The van der Waals surface area contributed by atoms with Crippen LogP contribution in [0.4, 0.5) is 0 Å². The molecule has 0 fully saturated rings. The minimum atomic E-state index is 0.167. The zero-order chi connectivity index (χ0) is 14.5.